The molecule has 3 atom stereocenters. The smallest absolute Gasteiger partial charge is 0.329 e. The van der Waals surface area contributed by atoms with Crippen LogP contribution in [-0.4, -0.2) is 45.3 Å². The molecule has 9 heteroatoms. The van der Waals surface area contributed by atoms with Gasteiger partial charge in [0.25, 0.3) is 5.56 Å². The molecule has 0 spiro atoms. The van der Waals surface area contributed by atoms with Crippen molar-refractivity contribution < 1.29 is 19.4 Å². The number of methoxy groups -OCH3 is 1. The van der Waals surface area contributed by atoms with Crippen LogP contribution in [0.5, 0.6) is 0 Å². The highest BCUT2D eigenvalue weighted by Gasteiger charge is 2.61. The largest absolute Gasteiger partial charge is 0.467 e. The molecule has 0 unspecified atom stereocenters. The van der Waals surface area contributed by atoms with Crippen LogP contribution in [0.1, 0.15) is 31.9 Å². The predicted molar refractivity (Wildman–Crippen MR) is 121 cm³/mol. The van der Waals surface area contributed by atoms with Gasteiger partial charge >= 0.3 is 5.97 Å². The first-order valence-electron chi connectivity index (χ1n) is 10.7. The average molecular weight is 448 g/mol. The van der Waals surface area contributed by atoms with Crippen molar-refractivity contribution in [3.63, 3.8) is 0 Å². The maximum Gasteiger partial charge on any atom is 0.329 e. The van der Waals surface area contributed by atoms with Crippen molar-refractivity contribution in [2.75, 3.05) is 12.0 Å². The lowest BCUT2D eigenvalue weighted by molar-refractivity contribution is -0.147. The van der Waals surface area contributed by atoms with E-state index in [1.165, 1.54) is 22.9 Å². The SMILES string of the molecule is COC(=O)[C@H](C[C@]1(O)c2ccccc2N2C(=O)C(C)(C)N[C@H]21)n1cnc2ccccc2c1=O. The number of carbonyl (C=O) groups is 2. The Balaban J connectivity index is 1.65. The van der Waals surface area contributed by atoms with E-state index in [9.17, 15) is 19.5 Å². The van der Waals surface area contributed by atoms with Crippen molar-refractivity contribution in [2.24, 2.45) is 0 Å². The van der Waals surface area contributed by atoms with Gasteiger partial charge in [-0.15, -0.1) is 0 Å². The summed E-state index contributed by atoms with van der Waals surface area (Å²) < 4.78 is 6.21. The van der Waals surface area contributed by atoms with Gasteiger partial charge in [0.05, 0.1) is 35.6 Å². The number of ether oxygens (including phenoxy) is 1. The fourth-order valence-corrected chi connectivity index (χ4v) is 4.92. The topological polar surface area (TPSA) is 114 Å². The quantitative estimate of drug-likeness (QED) is 0.581. The Bertz CT molecular complexity index is 1350. The van der Waals surface area contributed by atoms with Crippen LogP contribution >= 0.6 is 0 Å². The minimum atomic E-state index is -1.66. The molecular formula is C24H24N4O5. The fraction of sp³-hybridized carbons (Fsp3) is 0.333. The molecule has 3 aromatic rings. The number of hydrogen-bond acceptors (Lipinski definition) is 7. The molecule has 170 valence electrons. The predicted octanol–water partition coefficient (Wildman–Crippen LogP) is 1.44. The van der Waals surface area contributed by atoms with E-state index < -0.39 is 34.9 Å². The van der Waals surface area contributed by atoms with Crippen LogP contribution in [0, 0.1) is 0 Å². The van der Waals surface area contributed by atoms with E-state index in [0.29, 0.717) is 22.2 Å². The van der Waals surface area contributed by atoms with Gasteiger partial charge in [0.2, 0.25) is 5.91 Å². The number of aliphatic hydroxyl groups is 1. The van der Waals surface area contributed by atoms with Gasteiger partial charge in [-0.3, -0.25) is 24.4 Å². The van der Waals surface area contributed by atoms with Crippen LogP contribution in [0.4, 0.5) is 5.69 Å². The number of nitrogens with one attached hydrogen (secondary N) is 1. The van der Waals surface area contributed by atoms with Gasteiger partial charge in [-0.2, -0.15) is 0 Å². The Kier molecular flexibility index (Phi) is 4.66. The zero-order chi connectivity index (χ0) is 23.5. The van der Waals surface area contributed by atoms with Gasteiger partial charge < -0.3 is 9.84 Å². The second-order valence-electron chi connectivity index (χ2n) is 9.01. The number of rotatable bonds is 4. The molecule has 0 radical (unpaired) electrons. The van der Waals surface area contributed by atoms with Crippen LogP contribution in [-0.2, 0) is 19.9 Å². The molecule has 2 aromatic carbocycles. The lowest BCUT2D eigenvalue weighted by Crippen LogP contribution is -2.52. The lowest BCUT2D eigenvalue weighted by atomic mass is 9.86. The fourth-order valence-electron chi connectivity index (χ4n) is 4.92. The van der Waals surface area contributed by atoms with E-state index >= 15 is 0 Å². The van der Waals surface area contributed by atoms with Gasteiger partial charge in [-0.25, -0.2) is 9.78 Å². The third-order valence-corrected chi connectivity index (χ3v) is 6.60. The van der Waals surface area contributed by atoms with E-state index in [1.807, 2.05) is 0 Å². The third kappa shape index (κ3) is 3.00. The highest BCUT2D eigenvalue weighted by Crippen LogP contribution is 2.50. The molecule has 0 bridgehead atoms. The molecule has 1 fully saturated rings. The van der Waals surface area contributed by atoms with Crippen LogP contribution in [0.15, 0.2) is 59.7 Å². The number of benzene rings is 2. The minimum absolute atomic E-state index is 0.185. The molecule has 33 heavy (non-hydrogen) atoms. The van der Waals surface area contributed by atoms with E-state index in [0.717, 1.165) is 0 Å². The Hall–Kier alpha value is -3.56. The summed E-state index contributed by atoms with van der Waals surface area (Å²) in [7, 11) is 1.23. The average Bonchev–Trinajstić information content (AvgIpc) is 3.20. The summed E-state index contributed by atoms with van der Waals surface area (Å²) in [4.78, 5) is 45.1. The van der Waals surface area contributed by atoms with Gasteiger partial charge in [0, 0.05) is 12.0 Å². The Morgan fingerprint density at radius 3 is 2.64 bits per heavy atom. The number of esters is 1. The second kappa shape index (κ2) is 7.23. The first-order valence-corrected chi connectivity index (χ1v) is 10.7. The maximum atomic E-state index is 13.3. The molecule has 2 N–H and O–H groups in total. The number of carbonyl (C=O) groups excluding carboxylic acids is 2. The summed E-state index contributed by atoms with van der Waals surface area (Å²) in [5, 5.41) is 15.6. The number of nitrogens with zero attached hydrogens (tertiary/aromatic N) is 3. The van der Waals surface area contributed by atoms with E-state index in [2.05, 4.69) is 10.3 Å². The molecule has 3 heterocycles. The van der Waals surface area contributed by atoms with Gasteiger partial charge in [-0.1, -0.05) is 30.3 Å². The number of fused-ring (bicyclic) bond motifs is 4. The van der Waals surface area contributed by atoms with Crippen molar-refractivity contribution in [1.82, 2.24) is 14.9 Å². The van der Waals surface area contributed by atoms with Gasteiger partial charge in [0.15, 0.2) is 0 Å². The Morgan fingerprint density at radius 1 is 1.18 bits per heavy atom. The highest BCUT2D eigenvalue weighted by molar-refractivity contribution is 6.05. The first-order chi connectivity index (χ1) is 15.7. The summed E-state index contributed by atoms with van der Waals surface area (Å²) >= 11 is 0. The Labute approximate surface area is 189 Å². The van der Waals surface area contributed by atoms with Crippen LogP contribution in [0.25, 0.3) is 10.9 Å². The summed E-state index contributed by atoms with van der Waals surface area (Å²) in [6, 6.07) is 12.7. The number of para-hydroxylation sites is 2. The van der Waals surface area contributed by atoms with Crippen molar-refractivity contribution in [3.8, 4) is 0 Å². The van der Waals surface area contributed by atoms with Crippen LogP contribution in [0.2, 0.25) is 0 Å². The molecule has 5 rings (SSSR count). The highest BCUT2D eigenvalue weighted by atomic mass is 16.5. The van der Waals surface area contributed by atoms with Crippen molar-refractivity contribution >= 4 is 28.5 Å². The molecule has 1 saturated heterocycles. The van der Waals surface area contributed by atoms with Gasteiger partial charge in [-0.05, 0) is 32.0 Å². The summed E-state index contributed by atoms with van der Waals surface area (Å²) in [6.07, 6.45) is 0.285. The molecule has 1 aromatic heterocycles. The maximum absolute atomic E-state index is 13.3. The monoisotopic (exact) mass is 448 g/mol. The van der Waals surface area contributed by atoms with Crippen LogP contribution < -0.4 is 15.8 Å². The van der Waals surface area contributed by atoms with Gasteiger partial charge in [0.1, 0.15) is 17.8 Å². The Morgan fingerprint density at radius 2 is 1.88 bits per heavy atom. The standard InChI is InChI=1S/C24H24N4O5/c1-23(2)22(31)28-17-11-7-5-9-15(17)24(32,21(28)26-23)12-18(20(30)33-3)27-13-25-16-10-6-4-8-14(16)19(27)29/h4-11,13,18,21,26,32H,12H2,1-3H3/t18-,21+,24-/m0/s1. The van der Waals surface area contributed by atoms with Crippen molar-refractivity contribution in [3.05, 3.63) is 70.8 Å². The second-order valence-corrected chi connectivity index (χ2v) is 9.01. The van der Waals surface area contributed by atoms with Crippen molar-refractivity contribution in [1.29, 1.82) is 0 Å². The molecule has 0 aliphatic carbocycles. The molecule has 1 amide bonds. The van der Waals surface area contributed by atoms with Crippen LogP contribution in [0.3, 0.4) is 0 Å². The van der Waals surface area contributed by atoms with E-state index in [4.69, 9.17) is 4.74 Å². The number of amides is 1. The zero-order valence-corrected chi connectivity index (χ0v) is 18.5. The number of anilines is 1. The molecule has 9 nitrogen and oxygen atoms in total. The molecule has 2 aliphatic rings. The number of hydrogen-bond donors (Lipinski definition) is 2. The van der Waals surface area contributed by atoms with Crippen molar-refractivity contribution in [2.45, 2.75) is 43.6 Å². The molecule has 2 aliphatic heterocycles. The lowest BCUT2D eigenvalue weighted by Gasteiger charge is -2.34. The van der Waals surface area contributed by atoms with E-state index in [1.54, 1.807) is 62.4 Å². The number of aromatic nitrogens is 2. The first kappa shape index (κ1) is 21.3. The summed E-state index contributed by atoms with van der Waals surface area (Å²) in [5.74, 6) is -0.878. The molecule has 0 saturated carbocycles. The molecular weight excluding hydrogens is 424 g/mol. The minimum Gasteiger partial charge on any atom is -0.467 e. The van der Waals surface area contributed by atoms with E-state index in [-0.39, 0.29) is 12.3 Å². The summed E-state index contributed by atoms with van der Waals surface area (Å²) in [5.41, 5.74) is -1.41. The third-order valence-electron chi connectivity index (χ3n) is 6.60. The summed E-state index contributed by atoms with van der Waals surface area (Å²) in [6.45, 7) is 3.48. The normalized spacial score (nSPS) is 23.9. The zero-order valence-electron chi connectivity index (χ0n) is 18.5.